The number of nitro benzene ring substituents is 1. The van der Waals surface area contributed by atoms with Crippen molar-refractivity contribution < 1.29 is 24.4 Å². The fraction of sp³-hybridized carbons (Fsp3) is 0.500. The summed E-state index contributed by atoms with van der Waals surface area (Å²) in [4.78, 5) is 37.4. The van der Waals surface area contributed by atoms with Gasteiger partial charge in [-0.2, -0.15) is 0 Å². The van der Waals surface area contributed by atoms with Gasteiger partial charge in [-0.05, 0) is 56.1 Å². The molecule has 1 heterocycles. The lowest BCUT2D eigenvalue weighted by molar-refractivity contribution is -0.385. The first kappa shape index (κ1) is 22.0. The van der Waals surface area contributed by atoms with Gasteiger partial charge < -0.3 is 15.2 Å². The van der Waals surface area contributed by atoms with Gasteiger partial charge in [0.25, 0.3) is 0 Å². The normalized spacial score (nSPS) is 23.1. The van der Waals surface area contributed by atoms with E-state index in [-0.39, 0.29) is 17.3 Å². The van der Waals surface area contributed by atoms with Crippen molar-refractivity contribution in [2.45, 2.75) is 71.3 Å². The van der Waals surface area contributed by atoms with E-state index in [1.165, 1.54) is 18.2 Å². The molecule has 0 aromatic heterocycles. The lowest BCUT2D eigenvalue weighted by atomic mass is 9.68. The zero-order chi connectivity index (χ0) is 23.2. The number of hydrogen-bond donors (Lipinski definition) is 2. The van der Waals surface area contributed by atoms with E-state index < -0.39 is 28.2 Å². The second-order valence-corrected chi connectivity index (χ2v) is 9.75. The maximum atomic E-state index is 13.3. The molecule has 0 bridgehead atoms. The third-order valence-electron chi connectivity index (χ3n) is 6.57. The van der Waals surface area contributed by atoms with Crippen molar-refractivity contribution in [2.24, 2.45) is 5.41 Å². The lowest BCUT2D eigenvalue weighted by Gasteiger charge is -2.39. The fourth-order valence-corrected chi connectivity index (χ4v) is 5.13. The van der Waals surface area contributed by atoms with E-state index in [0.717, 1.165) is 31.4 Å². The number of phenolic OH excluding ortho intramolecular Hbond substituents is 1. The van der Waals surface area contributed by atoms with Crippen LogP contribution < -0.4 is 5.32 Å². The summed E-state index contributed by atoms with van der Waals surface area (Å²) in [5.74, 6) is -1.85. The van der Waals surface area contributed by atoms with E-state index >= 15 is 0 Å². The van der Waals surface area contributed by atoms with Crippen LogP contribution in [0.25, 0.3) is 0 Å². The highest BCUT2D eigenvalue weighted by Gasteiger charge is 2.44. The van der Waals surface area contributed by atoms with E-state index in [0.29, 0.717) is 35.2 Å². The molecule has 170 valence electrons. The number of ether oxygens (including phenoxy) is 1. The number of nitro groups is 1. The van der Waals surface area contributed by atoms with Gasteiger partial charge in [0.15, 0.2) is 11.5 Å². The van der Waals surface area contributed by atoms with Crippen LogP contribution in [0.15, 0.2) is 40.7 Å². The Morgan fingerprint density at radius 3 is 2.59 bits per heavy atom. The molecule has 0 radical (unpaired) electrons. The van der Waals surface area contributed by atoms with Gasteiger partial charge in [0, 0.05) is 35.4 Å². The number of ketones is 1. The number of hydrogen-bond acceptors (Lipinski definition) is 7. The van der Waals surface area contributed by atoms with E-state index in [1.807, 2.05) is 13.8 Å². The quantitative estimate of drug-likeness (QED) is 0.405. The Bertz CT molecular complexity index is 1060. The molecule has 1 atom stereocenters. The van der Waals surface area contributed by atoms with Crippen LogP contribution in [0, 0.1) is 15.5 Å². The van der Waals surface area contributed by atoms with Crippen LogP contribution in [0.4, 0.5) is 5.69 Å². The molecular formula is C24H28N2O6. The van der Waals surface area contributed by atoms with Gasteiger partial charge in [-0.25, -0.2) is 4.79 Å². The number of nitrogens with zero attached hydrogens (tertiary/aromatic N) is 1. The van der Waals surface area contributed by atoms with Crippen molar-refractivity contribution in [3.05, 3.63) is 56.4 Å². The number of carbonyl (C=O) groups excluding carboxylic acids is 2. The number of Topliss-reactive ketones (excluding diaryl/α,β-unsaturated/α-hetero) is 1. The number of phenols is 1. The topological polar surface area (TPSA) is 119 Å². The van der Waals surface area contributed by atoms with Crippen LogP contribution in [0.3, 0.4) is 0 Å². The minimum Gasteiger partial charge on any atom is -0.502 e. The summed E-state index contributed by atoms with van der Waals surface area (Å²) in [7, 11) is 0. The van der Waals surface area contributed by atoms with Gasteiger partial charge in [-0.15, -0.1) is 0 Å². The van der Waals surface area contributed by atoms with Crippen molar-refractivity contribution >= 4 is 17.4 Å². The van der Waals surface area contributed by atoms with Crippen LogP contribution in [0.2, 0.25) is 0 Å². The first-order valence-electron chi connectivity index (χ1n) is 11.0. The summed E-state index contributed by atoms with van der Waals surface area (Å²) in [5, 5.41) is 24.6. The number of dihydropyridines is 1. The van der Waals surface area contributed by atoms with E-state index in [2.05, 4.69) is 5.32 Å². The molecule has 1 fully saturated rings. The Hall–Kier alpha value is -3.16. The number of rotatable bonds is 4. The maximum absolute atomic E-state index is 13.3. The third-order valence-corrected chi connectivity index (χ3v) is 6.57. The van der Waals surface area contributed by atoms with E-state index in [1.54, 1.807) is 6.92 Å². The van der Waals surface area contributed by atoms with Crippen molar-refractivity contribution in [3.8, 4) is 5.75 Å². The van der Waals surface area contributed by atoms with Crippen molar-refractivity contribution in [3.63, 3.8) is 0 Å². The highest BCUT2D eigenvalue weighted by Crippen LogP contribution is 2.48. The van der Waals surface area contributed by atoms with Gasteiger partial charge in [-0.1, -0.05) is 19.9 Å². The van der Waals surface area contributed by atoms with Crippen molar-refractivity contribution in [2.75, 3.05) is 0 Å². The summed E-state index contributed by atoms with van der Waals surface area (Å²) in [6, 6.07) is 4.02. The Balaban J connectivity index is 1.84. The standard InChI is InChI=1S/C24H28N2O6/c1-13-20(23(29)32-15-6-4-5-7-15)21(14-8-9-18(27)17(10-14)26(30)31)22-16(25-13)11-24(2,3)12-19(22)28/h8-10,15,21,25,27H,4-7,11-12H2,1-3H3/t21-/m1/s1. The molecule has 1 aromatic rings. The molecule has 1 aliphatic heterocycles. The van der Waals surface area contributed by atoms with E-state index in [4.69, 9.17) is 4.74 Å². The zero-order valence-electron chi connectivity index (χ0n) is 18.6. The SMILES string of the molecule is CC1=C(C(=O)OC2CCCC2)[C@@H](c2ccc(O)c([N+](=O)[O-])c2)C2=C(CC(C)(C)CC2=O)N1. The molecule has 8 nitrogen and oxygen atoms in total. The van der Waals surface area contributed by atoms with Crippen molar-refractivity contribution in [1.29, 1.82) is 0 Å². The Morgan fingerprint density at radius 2 is 1.94 bits per heavy atom. The highest BCUT2D eigenvalue weighted by molar-refractivity contribution is 6.04. The molecule has 0 amide bonds. The smallest absolute Gasteiger partial charge is 0.337 e. The van der Waals surface area contributed by atoms with Gasteiger partial charge >= 0.3 is 11.7 Å². The molecule has 4 rings (SSSR count). The number of benzene rings is 1. The molecule has 0 spiro atoms. The summed E-state index contributed by atoms with van der Waals surface area (Å²) in [6.07, 6.45) is 4.40. The number of carbonyl (C=O) groups is 2. The van der Waals surface area contributed by atoms with Crippen LogP contribution in [0.1, 0.15) is 70.8 Å². The van der Waals surface area contributed by atoms with Crippen LogP contribution in [0.5, 0.6) is 5.75 Å². The molecule has 2 N–H and O–H groups in total. The first-order chi connectivity index (χ1) is 15.1. The minimum absolute atomic E-state index is 0.0943. The Kier molecular flexibility index (Phi) is 5.56. The number of allylic oxidation sites excluding steroid dienone is 3. The van der Waals surface area contributed by atoms with Gasteiger partial charge in [-0.3, -0.25) is 14.9 Å². The maximum Gasteiger partial charge on any atom is 0.337 e. The van der Waals surface area contributed by atoms with E-state index in [9.17, 15) is 24.8 Å². The molecular weight excluding hydrogens is 412 g/mol. The molecule has 0 unspecified atom stereocenters. The third kappa shape index (κ3) is 4.01. The largest absolute Gasteiger partial charge is 0.502 e. The predicted molar refractivity (Wildman–Crippen MR) is 117 cm³/mol. The molecule has 0 saturated heterocycles. The van der Waals surface area contributed by atoms with Crippen LogP contribution in [-0.2, 0) is 14.3 Å². The second kappa shape index (κ2) is 8.07. The Labute approximate surface area is 186 Å². The average molecular weight is 440 g/mol. The average Bonchev–Trinajstić information content (AvgIpc) is 3.19. The molecule has 32 heavy (non-hydrogen) atoms. The van der Waals surface area contributed by atoms with Gasteiger partial charge in [0.05, 0.1) is 10.5 Å². The van der Waals surface area contributed by atoms with Crippen LogP contribution >= 0.6 is 0 Å². The van der Waals surface area contributed by atoms with Crippen LogP contribution in [-0.4, -0.2) is 27.9 Å². The Morgan fingerprint density at radius 1 is 1.25 bits per heavy atom. The van der Waals surface area contributed by atoms with Gasteiger partial charge in [0.2, 0.25) is 0 Å². The number of esters is 1. The zero-order valence-corrected chi connectivity index (χ0v) is 18.6. The summed E-state index contributed by atoms with van der Waals surface area (Å²) in [6.45, 7) is 5.79. The molecule has 1 aromatic carbocycles. The summed E-state index contributed by atoms with van der Waals surface area (Å²) >= 11 is 0. The monoisotopic (exact) mass is 440 g/mol. The lowest BCUT2D eigenvalue weighted by Crippen LogP contribution is -2.39. The van der Waals surface area contributed by atoms with Crippen molar-refractivity contribution in [1.82, 2.24) is 5.32 Å². The first-order valence-corrected chi connectivity index (χ1v) is 11.0. The number of aromatic hydroxyl groups is 1. The van der Waals surface area contributed by atoms with Gasteiger partial charge in [0.1, 0.15) is 6.10 Å². The molecule has 1 saturated carbocycles. The second-order valence-electron chi connectivity index (χ2n) is 9.75. The number of nitrogens with one attached hydrogen (secondary N) is 1. The molecule has 3 aliphatic rings. The predicted octanol–water partition coefficient (Wildman–Crippen LogP) is 4.39. The highest BCUT2D eigenvalue weighted by atomic mass is 16.6. The molecule has 8 heteroatoms. The fourth-order valence-electron chi connectivity index (χ4n) is 5.13. The summed E-state index contributed by atoms with van der Waals surface area (Å²) < 4.78 is 5.78. The molecule has 2 aliphatic carbocycles. The minimum atomic E-state index is -0.789. The summed E-state index contributed by atoms with van der Waals surface area (Å²) in [5.41, 5.74) is 1.77.